The van der Waals surface area contributed by atoms with Crippen molar-refractivity contribution < 1.29 is 4.79 Å². The Kier molecular flexibility index (Phi) is 6.92. The maximum Gasteiger partial charge on any atom is 0.269 e. The molecule has 0 fully saturated rings. The number of nitrogens with zero attached hydrogens (tertiary/aromatic N) is 1. The third-order valence-electron chi connectivity index (χ3n) is 1.97. The van der Waals surface area contributed by atoms with Crippen LogP contribution >= 0.6 is 24.2 Å². The van der Waals surface area contributed by atoms with Crippen LogP contribution in [-0.4, -0.2) is 28.9 Å². The van der Waals surface area contributed by atoms with Gasteiger partial charge in [-0.2, -0.15) is 11.8 Å². The first kappa shape index (κ1) is 15.1. The van der Waals surface area contributed by atoms with E-state index in [2.05, 4.69) is 17.2 Å². The first-order valence-corrected chi connectivity index (χ1v) is 5.94. The van der Waals surface area contributed by atoms with E-state index in [1.54, 1.807) is 23.9 Å². The molecule has 90 valence electrons. The molecule has 0 saturated carbocycles. The smallest absolute Gasteiger partial charge is 0.269 e. The average Bonchev–Trinajstić information content (AvgIpc) is 2.26. The summed E-state index contributed by atoms with van der Waals surface area (Å²) >= 11 is 1.71. The van der Waals surface area contributed by atoms with Gasteiger partial charge in [0, 0.05) is 11.8 Å². The van der Waals surface area contributed by atoms with Crippen LogP contribution in [0.25, 0.3) is 0 Å². The van der Waals surface area contributed by atoms with Gasteiger partial charge in [0.25, 0.3) is 5.91 Å². The van der Waals surface area contributed by atoms with E-state index in [-0.39, 0.29) is 18.3 Å². The number of thioether (sulfide) groups is 1. The van der Waals surface area contributed by atoms with Crippen LogP contribution in [0, 0.1) is 0 Å². The standard InChI is InChI=1S/C10H15N3OS.ClH/c1-7(15-2)5-13-10(14)9-4-3-8(11)6-12-9;/h3-4,6-7H,5,11H2,1-2H3,(H,13,14);1H. The highest BCUT2D eigenvalue weighted by Crippen LogP contribution is 2.04. The van der Waals surface area contributed by atoms with Crippen molar-refractivity contribution >= 4 is 35.8 Å². The first-order chi connectivity index (χ1) is 7.13. The predicted molar refractivity (Wildman–Crippen MR) is 71.2 cm³/mol. The highest BCUT2D eigenvalue weighted by Gasteiger charge is 2.07. The van der Waals surface area contributed by atoms with Crippen molar-refractivity contribution in [2.45, 2.75) is 12.2 Å². The van der Waals surface area contributed by atoms with Crippen molar-refractivity contribution in [1.82, 2.24) is 10.3 Å². The number of hydrogen-bond donors (Lipinski definition) is 2. The summed E-state index contributed by atoms with van der Waals surface area (Å²) in [4.78, 5) is 15.5. The minimum atomic E-state index is -0.157. The second kappa shape index (κ2) is 7.35. The highest BCUT2D eigenvalue weighted by atomic mass is 35.5. The lowest BCUT2D eigenvalue weighted by atomic mass is 10.3. The summed E-state index contributed by atoms with van der Waals surface area (Å²) in [6.45, 7) is 2.70. The van der Waals surface area contributed by atoms with E-state index in [4.69, 9.17) is 5.73 Å². The van der Waals surface area contributed by atoms with E-state index in [1.165, 1.54) is 6.20 Å². The van der Waals surface area contributed by atoms with E-state index >= 15 is 0 Å². The molecule has 1 unspecified atom stereocenters. The lowest BCUT2D eigenvalue weighted by Crippen LogP contribution is -2.29. The van der Waals surface area contributed by atoms with Gasteiger partial charge in [-0.05, 0) is 18.4 Å². The van der Waals surface area contributed by atoms with Crippen molar-refractivity contribution in [3.63, 3.8) is 0 Å². The second-order valence-corrected chi connectivity index (χ2v) is 4.51. The summed E-state index contributed by atoms with van der Waals surface area (Å²) in [6.07, 6.45) is 3.49. The van der Waals surface area contributed by atoms with Crippen LogP contribution in [0.4, 0.5) is 5.69 Å². The maximum absolute atomic E-state index is 11.6. The van der Waals surface area contributed by atoms with Gasteiger partial charge in [0.05, 0.1) is 11.9 Å². The van der Waals surface area contributed by atoms with Gasteiger partial charge in [-0.15, -0.1) is 12.4 Å². The van der Waals surface area contributed by atoms with Gasteiger partial charge in [0.15, 0.2) is 0 Å². The van der Waals surface area contributed by atoms with Crippen molar-refractivity contribution in [1.29, 1.82) is 0 Å². The predicted octanol–water partition coefficient (Wildman–Crippen LogP) is 1.57. The average molecular weight is 262 g/mol. The number of hydrogen-bond acceptors (Lipinski definition) is 4. The molecule has 4 nitrogen and oxygen atoms in total. The Balaban J connectivity index is 0.00000225. The topological polar surface area (TPSA) is 68.0 Å². The van der Waals surface area contributed by atoms with Gasteiger partial charge in [-0.3, -0.25) is 4.79 Å². The normalized spacial score (nSPS) is 11.4. The first-order valence-electron chi connectivity index (χ1n) is 4.66. The summed E-state index contributed by atoms with van der Waals surface area (Å²) in [6, 6.07) is 3.29. The minimum absolute atomic E-state index is 0. The molecule has 1 rings (SSSR count). The quantitative estimate of drug-likeness (QED) is 0.863. The van der Waals surface area contributed by atoms with Crippen LogP contribution in [-0.2, 0) is 0 Å². The van der Waals surface area contributed by atoms with Crippen LogP contribution in [0.1, 0.15) is 17.4 Å². The van der Waals surface area contributed by atoms with Gasteiger partial charge in [0.1, 0.15) is 5.69 Å². The SMILES string of the molecule is CSC(C)CNC(=O)c1ccc(N)cn1.Cl. The number of anilines is 1. The van der Waals surface area contributed by atoms with Gasteiger partial charge in [-0.25, -0.2) is 4.98 Å². The van der Waals surface area contributed by atoms with E-state index in [0.717, 1.165) is 0 Å². The molecule has 0 aliphatic carbocycles. The van der Waals surface area contributed by atoms with Crippen LogP contribution in [0.5, 0.6) is 0 Å². The fourth-order valence-electron chi connectivity index (χ4n) is 0.950. The Bertz CT molecular complexity index is 331. The zero-order valence-corrected chi connectivity index (χ0v) is 10.9. The van der Waals surface area contributed by atoms with Gasteiger partial charge in [-0.1, -0.05) is 6.92 Å². The molecular formula is C10H16ClN3OS. The van der Waals surface area contributed by atoms with Crippen molar-refractivity contribution in [3.05, 3.63) is 24.0 Å². The molecular weight excluding hydrogens is 246 g/mol. The zero-order valence-electron chi connectivity index (χ0n) is 9.27. The molecule has 6 heteroatoms. The molecule has 0 aliphatic rings. The van der Waals surface area contributed by atoms with E-state index < -0.39 is 0 Å². The third kappa shape index (κ3) is 4.72. The Labute approximate surface area is 106 Å². The fourth-order valence-corrected chi connectivity index (χ4v) is 1.20. The van der Waals surface area contributed by atoms with Crippen LogP contribution in [0.2, 0.25) is 0 Å². The molecule has 1 atom stereocenters. The number of carbonyl (C=O) groups excluding carboxylic acids is 1. The molecule has 0 aliphatic heterocycles. The number of amides is 1. The Morgan fingerprint density at radius 1 is 1.62 bits per heavy atom. The Hall–Kier alpha value is -0.940. The minimum Gasteiger partial charge on any atom is -0.397 e. The number of halogens is 1. The molecule has 0 spiro atoms. The number of nitrogens with one attached hydrogen (secondary N) is 1. The van der Waals surface area contributed by atoms with Gasteiger partial charge in [0.2, 0.25) is 0 Å². The van der Waals surface area contributed by atoms with Gasteiger partial charge >= 0.3 is 0 Å². The van der Waals surface area contributed by atoms with Crippen LogP contribution in [0.3, 0.4) is 0 Å². The van der Waals surface area contributed by atoms with Crippen molar-refractivity contribution in [2.24, 2.45) is 0 Å². The monoisotopic (exact) mass is 261 g/mol. The van der Waals surface area contributed by atoms with E-state index in [0.29, 0.717) is 23.2 Å². The largest absolute Gasteiger partial charge is 0.397 e. The lowest BCUT2D eigenvalue weighted by molar-refractivity contribution is 0.0949. The van der Waals surface area contributed by atoms with E-state index in [1.807, 2.05) is 6.26 Å². The molecule has 16 heavy (non-hydrogen) atoms. The molecule has 0 aromatic carbocycles. The number of rotatable bonds is 4. The van der Waals surface area contributed by atoms with Crippen LogP contribution < -0.4 is 11.1 Å². The Morgan fingerprint density at radius 2 is 2.31 bits per heavy atom. The zero-order chi connectivity index (χ0) is 11.3. The summed E-state index contributed by atoms with van der Waals surface area (Å²) in [5.41, 5.74) is 6.43. The second-order valence-electron chi connectivity index (χ2n) is 3.23. The summed E-state index contributed by atoms with van der Waals surface area (Å²) in [5, 5.41) is 3.21. The van der Waals surface area contributed by atoms with Crippen molar-refractivity contribution in [2.75, 3.05) is 18.5 Å². The van der Waals surface area contributed by atoms with Crippen LogP contribution in [0.15, 0.2) is 18.3 Å². The molecule has 3 N–H and O–H groups in total. The molecule has 1 amide bonds. The molecule has 1 aromatic heterocycles. The maximum atomic E-state index is 11.6. The highest BCUT2D eigenvalue weighted by molar-refractivity contribution is 7.99. The van der Waals surface area contributed by atoms with Crippen molar-refractivity contribution in [3.8, 4) is 0 Å². The van der Waals surface area contributed by atoms with E-state index in [9.17, 15) is 4.79 Å². The lowest BCUT2D eigenvalue weighted by Gasteiger charge is -2.09. The third-order valence-corrected chi connectivity index (χ3v) is 2.94. The number of nitrogen functional groups attached to an aromatic ring is 1. The number of nitrogens with two attached hydrogens (primary N) is 1. The fraction of sp³-hybridized carbons (Fsp3) is 0.400. The molecule has 1 heterocycles. The summed E-state index contributed by atoms with van der Waals surface area (Å²) in [5.74, 6) is -0.157. The Morgan fingerprint density at radius 3 is 2.81 bits per heavy atom. The summed E-state index contributed by atoms with van der Waals surface area (Å²) in [7, 11) is 0. The molecule has 0 saturated heterocycles. The van der Waals surface area contributed by atoms with Gasteiger partial charge < -0.3 is 11.1 Å². The number of pyridine rings is 1. The molecule has 1 aromatic rings. The number of aromatic nitrogens is 1. The summed E-state index contributed by atoms with van der Waals surface area (Å²) < 4.78 is 0. The molecule has 0 bridgehead atoms. The molecule has 0 radical (unpaired) electrons. The number of carbonyl (C=O) groups is 1.